The third kappa shape index (κ3) is 1.98. The average Bonchev–Trinajstić information content (AvgIpc) is 2.59. The van der Waals surface area contributed by atoms with Crippen LogP contribution in [0, 0.1) is 0 Å². The summed E-state index contributed by atoms with van der Waals surface area (Å²) < 4.78 is 38.0. The molecule has 1 N–H and O–H groups in total. The standard InChI is InChI=1S/C11H14F3NS/c1-10(15-2)4-3-7-8(11(12,13)14)6-16-9(7)5-10/h6,15H,3-5H2,1-2H3/t10-/m1/s1. The summed E-state index contributed by atoms with van der Waals surface area (Å²) in [6.07, 6.45) is -2.22. The Hall–Kier alpha value is -0.550. The third-order valence-corrected chi connectivity index (χ3v) is 4.40. The predicted molar refractivity (Wildman–Crippen MR) is 58.8 cm³/mol. The topological polar surface area (TPSA) is 12.0 Å². The number of alkyl halides is 3. The van der Waals surface area contributed by atoms with E-state index >= 15 is 0 Å². The lowest BCUT2D eigenvalue weighted by Crippen LogP contribution is -2.44. The second kappa shape index (κ2) is 3.74. The van der Waals surface area contributed by atoms with Crippen molar-refractivity contribution in [2.75, 3.05) is 7.05 Å². The van der Waals surface area contributed by atoms with Crippen LogP contribution in [0.3, 0.4) is 0 Å². The summed E-state index contributed by atoms with van der Waals surface area (Å²) in [4.78, 5) is 0.885. The van der Waals surface area contributed by atoms with Crippen LogP contribution in [-0.4, -0.2) is 12.6 Å². The van der Waals surface area contributed by atoms with Gasteiger partial charge in [0, 0.05) is 15.8 Å². The summed E-state index contributed by atoms with van der Waals surface area (Å²) in [7, 11) is 1.86. The zero-order chi connectivity index (χ0) is 12.0. The van der Waals surface area contributed by atoms with Crippen LogP contribution in [-0.2, 0) is 19.0 Å². The van der Waals surface area contributed by atoms with Crippen LogP contribution in [0.4, 0.5) is 13.2 Å². The molecule has 0 aromatic carbocycles. The lowest BCUT2D eigenvalue weighted by Gasteiger charge is -2.33. The Labute approximate surface area is 96.7 Å². The molecule has 1 aromatic heterocycles. The fourth-order valence-corrected chi connectivity index (χ4v) is 3.43. The number of nitrogens with one attached hydrogen (secondary N) is 1. The molecule has 1 aliphatic rings. The molecule has 90 valence electrons. The number of halogens is 3. The number of hydrogen-bond acceptors (Lipinski definition) is 2. The molecule has 2 rings (SSSR count). The molecule has 1 aliphatic carbocycles. The summed E-state index contributed by atoms with van der Waals surface area (Å²) in [6.45, 7) is 2.06. The van der Waals surface area contributed by atoms with E-state index in [0.29, 0.717) is 18.4 Å². The molecule has 0 fully saturated rings. The Morgan fingerprint density at radius 1 is 1.44 bits per heavy atom. The van der Waals surface area contributed by atoms with Crippen molar-refractivity contribution in [3.63, 3.8) is 0 Å². The quantitative estimate of drug-likeness (QED) is 0.805. The molecule has 0 unspecified atom stereocenters. The van der Waals surface area contributed by atoms with E-state index in [9.17, 15) is 13.2 Å². The fraction of sp³-hybridized carbons (Fsp3) is 0.636. The molecule has 0 saturated carbocycles. The monoisotopic (exact) mass is 249 g/mol. The lowest BCUT2D eigenvalue weighted by molar-refractivity contribution is -0.138. The van der Waals surface area contributed by atoms with Gasteiger partial charge in [-0.1, -0.05) is 0 Å². The van der Waals surface area contributed by atoms with Crippen molar-refractivity contribution >= 4 is 11.3 Å². The smallest absolute Gasteiger partial charge is 0.314 e. The van der Waals surface area contributed by atoms with Crippen LogP contribution in [0.5, 0.6) is 0 Å². The highest BCUT2D eigenvalue weighted by atomic mass is 32.1. The van der Waals surface area contributed by atoms with E-state index in [2.05, 4.69) is 12.2 Å². The zero-order valence-electron chi connectivity index (χ0n) is 9.24. The summed E-state index contributed by atoms with van der Waals surface area (Å²) in [5.74, 6) is 0. The van der Waals surface area contributed by atoms with Crippen LogP contribution >= 0.6 is 11.3 Å². The molecule has 0 spiro atoms. The first kappa shape index (κ1) is 11.9. The van der Waals surface area contributed by atoms with Crippen LogP contribution in [0.25, 0.3) is 0 Å². The van der Waals surface area contributed by atoms with Crippen molar-refractivity contribution in [3.8, 4) is 0 Å². The van der Waals surface area contributed by atoms with Crippen molar-refractivity contribution in [2.45, 2.75) is 37.9 Å². The molecule has 0 radical (unpaired) electrons. The second-order valence-electron chi connectivity index (χ2n) is 4.54. The van der Waals surface area contributed by atoms with Crippen LogP contribution in [0.15, 0.2) is 5.38 Å². The van der Waals surface area contributed by atoms with E-state index in [1.165, 1.54) is 16.7 Å². The first-order valence-electron chi connectivity index (χ1n) is 5.21. The molecular weight excluding hydrogens is 235 g/mol. The molecule has 5 heteroatoms. The van der Waals surface area contributed by atoms with E-state index in [1.807, 2.05) is 7.05 Å². The number of hydrogen-bond donors (Lipinski definition) is 1. The predicted octanol–water partition coefficient (Wildman–Crippen LogP) is 3.23. The Kier molecular flexibility index (Phi) is 2.78. The van der Waals surface area contributed by atoms with Gasteiger partial charge in [0.15, 0.2) is 0 Å². The summed E-state index contributed by atoms with van der Waals surface area (Å²) in [6, 6.07) is 0. The van der Waals surface area contributed by atoms with E-state index in [-0.39, 0.29) is 5.54 Å². The number of rotatable bonds is 1. The van der Waals surface area contributed by atoms with E-state index < -0.39 is 11.7 Å². The maximum atomic E-state index is 12.7. The largest absolute Gasteiger partial charge is 0.417 e. The normalized spacial score (nSPS) is 25.6. The van der Waals surface area contributed by atoms with E-state index in [1.54, 1.807) is 0 Å². The number of likely N-dealkylation sites (N-methyl/N-ethyl adjacent to an activating group) is 1. The minimum Gasteiger partial charge on any atom is -0.314 e. The van der Waals surface area contributed by atoms with Gasteiger partial charge in [0.1, 0.15) is 0 Å². The molecule has 0 saturated heterocycles. The second-order valence-corrected chi connectivity index (χ2v) is 5.50. The summed E-state index contributed by atoms with van der Waals surface area (Å²) in [5.41, 5.74) is 0.0386. The van der Waals surface area contributed by atoms with Gasteiger partial charge in [-0.3, -0.25) is 0 Å². The molecule has 1 aromatic rings. The summed E-state index contributed by atoms with van der Waals surface area (Å²) >= 11 is 1.24. The molecule has 1 nitrogen and oxygen atoms in total. The van der Waals surface area contributed by atoms with Gasteiger partial charge in [0.2, 0.25) is 0 Å². The van der Waals surface area contributed by atoms with E-state index in [0.717, 1.165) is 11.3 Å². The van der Waals surface area contributed by atoms with Gasteiger partial charge in [-0.2, -0.15) is 13.2 Å². The number of thiophene rings is 1. The first-order valence-corrected chi connectivity index (χ1v) is 6.09. The van der Waals surface area contributed by atoms with Crippen LogP contribution < -0.4 is 5.32 Å². The Bertz CT molecular complexity index is 396. The molecule has 1 heterocycles. The zero-order valence-corrected chi connectivity index (χ0v) is 10.1. The molecule has 16 heavy (non-hydrogen) atoms. The highest BCUT2D eigenvalue weighted by Gasteiger charge is 2.39. The fourth-order valence-electron chi connectivity index (χ4n) is 2.14. The van der Waals surface area contributed by atoms with Crippen LogP contribution in [0.1, 0.15) is 29.3 Å². The highest BCUT2D eigenvalue weighted by Crippen LogP contribution is 2.41. The van der Waals surface area contributed by atoms with Gasteiger partial charge >= 0.3 is 6.18 Å². The minimum atomic E-state index is -4.20. The third-order valence-electron chi connectivity index (χ3n) is 3.37. The van der Waals surface area contributed by atoms with Crippen molar-refractivity contribution < 1.29 is 13.2 Å². The lowest BCUT2D eigenvalue weighted by atomic mass is 9.82. The van der Waals surface area contributed by atoms with Gasteiger partial charge in [0.25, 0.3) is 0 Å². The maximum Gasteiger partial charge on any atom is 0.417 e. The van der Waals surface area contributed by atoms with Gasteiger partial charge in [-0.25, -0.2) is 0 Å². The minimum absolute atomic E-state index is 0.0548. The molecule has 1 atom stereocenters. The molecular formula is C11H14F3NS. The van der Waals surface area contributed by atoms with Gasteiger partial charge < -0.3 is 5.32 Å². The molecule has 0 amide bonds. The first-order chi connectivity index (χ1) is 7.36. The maximum absolute atomic E-state index is 12.7. The Morgan fingerprint density at radius 3 is 2.69 bits per heavy atom. The van der Waals surface area contributed by atoms with Crippen molar-refractivity contribution in [3.05, 3.63) is 21.4 Å². The van der Waals surface area contributed by atoms with Crippen molar-refractivity contribution in [1.82, 2.24) is 5.32 Å². The van der Waals surface area contributed by atoms with Crippen LogP contribution in [0.2, 0.25) is 0 Å². The molecule has 0 bridgehead atoms. The number of fused-ring (bicyclic) bond motifs is 1. The molecule has 0 aliphatic heterocycles. The summed E-state index contributed by atoms with van der Waals surface area (Å²) in [5, 5.41) is 4.45. The Morgan fingerprint density at radius 2 is 2.12 bits per heavy atom. The average molecular weight is 249 g/mol. The highest BCUT2D eigenvalue weighted by molar-refractivity contribution is 7.10. The van der Waals surface area contributed by atoms with E-state index in [4.69, 9.17) is 0 Å². The van der Waals surface area contributed by atoms with Gasteiger partial charge in [-0.05, 0) is 38.8 Å². The SMILES string of the molecule is CN[C@]1(C)CCc2c(C(F)(F)F)csc2C1. The van der Waals surface area contributed by atoms with Crippen molar-refractivity contribution in [2.24, 2.45) is 0 Å². The van der Waals surface area contributed by atoms with Crippen molar-refractivity contribution in [1.29, 1.82) is 0 Å². The Balaban J connectivity index is 2.34. The van der Waals surface area contributed by atoms with Gasteiger partial charge in [-0.15, -0.1) is 11.3 Å². The van der Waals surface area contributed by atoms with Gasteiger partial charge in [0.05, 0.1) is 5.56 Å².